The minimum Gasteiger partial charge on any atom is -0.466 e. The van der Waals surface area contributed by atoms with Crippen LogP contribution in [0.5, 0.6) is 0 Å². The summed E-state index contributed by atoms with van der Waals surface area (Å²) in [7, 11) is 0. The Balaban J connectivity index is 2.04. The Bertz CT molecular complexity index is 1110. The Labute approximate surface area is 184 Å². The van der Waals surface area contributed by atoms with Crippen LogP contribution in [-0.4, -0.2) is 40.2 Å². The number of esters is 2. The van der Waals surface area contributed by atoms with Gasteiger partial charge in [-0.05, 0) is 45.7 Å². The molecule has 0 aliphatic heterocycles. The Morgan fingerprint density at radius 3 is 1.97 bits per heavy atom. The second-order valence-electron chi connectivity index (χ2n) is 7.66. The van der Waals surface area contributed by atoms with Crippen LogP contribution in [0.25, 0.3) is 0 Å². The van der Waals surface area contributed by atoms with Gasteiger partial charge in [-0.15, -0.1) is 0 Å². The molecule has 3 rings (SSSR count). The molecule has 3 atom stereocenters. The van der Waals surface area contributed by atoms with Crippen LogP contribution in [0.2, 0.25) is 0 Å². The quantitative estimate of drug-likeness (QED) is 0.626. The summed E-state index contributed by atoms with van der Waals surface area (Å²) in [4.78, 5) is 63.8. The van der Waals surface area contributed by atoms with Crippen molar-refractivity contribution in [3.63, 3.8) is 0 Å². The molecule has 0 amide bonds. The first-order valence-corrected chi connectivity index (χ1v) is 10.6. The van der Waals surface area contributed by atoms with Crippen LogP contribution < -0.4 is 11.2 Å². The van der Waals surface area contributed by atoms with E-state index in [1.807, 2.05) is 0 Å². The fraction of sp³-hybridized carbons (Fsp3) is 0.435. The fourth-order valence-corrected chi connectivity index (χ4v) is 4.11. The van der Waals surface area contributed by atoms with E-state index in [0.29, 0.717) is 4.57 Å². The smallest absolute Gasteiger partial charge is 0.338 e. The molecule has 0 radical (unpaired) electrons. The maximum absolute atomic E-state index is 13.2. The van der Waals surface area contributed by atoms with Crippen LogP contribution in [0.3, 0.4) is 0 Å². The normalized spacial score (nSPS) is 20.0. The number of carbonyl (C=O) groups excluding carboxylic acids is 3. The van der Waals surface area contributed by atoms with E-state index < -0.39 is 47.0 Å². The molecule has 0 spiro atoms. The lowest BCUT2D eigenvalue weighted by Gasteiger charge is -2.17. The van der Waals surface area contributed by atoms with Crippen molar-refractivity contribution in [3.8, 4) is 0 Å². The van der Waals surface area contributed by atoms with Gasteiger partial charge >= 0.3 is 17.6 Å². The topological polar surface area (TPSA) is 114 Å². The number of carbonyl (C=O) groups is 3. The summed E-state index contributed by atoms with van der Waals surface area (Å²) in [6, 6.07) is 7.45. The van der Waals surface area contributed by atoms with Crippen molar-refractivity contribution in [2.24, 2.45) is 11.8 Å². The van der Waals surface area contributed by atoms with Crippen molar-refractivity contribution in [1.29, 1.82) is 0 Å². The third-order valence-electron chi connectivity index (χ3n) is 5.62. The summed E-state index contributed by atoms with van der Waals surface area (Å²) in [6.07, 6.45) is 1.68. The third-order valence-corrected chi connectivity index (χ3v) is 5.62. The minimum absolute atomic E-state index is 0.152. The molecule has 9 heteroatoms. The van der Waals surface area contributed by atoms with Crippen molar-refractivity contribution in [1.82, 2.24) is 9.13 Å². The van der Waals surface area contributed by atoms with Gasteiger partial charge in [-0.2, -0.15) is 4.57 Å². The van der Waals surface area contributed by atoms with Gasteiger partial charge in [0.25, 0.3) is 11.5 Å². The van der Waals surface area contributed by atoms with Crippen LogP contribution in [-0.2, 0) is 19.1 Å². The molecule has 1 aromatic heterocycles. The summed E-state index contributed by atoms with van der Waals surface area (Å²) in [5.74, 6) is -3.37. The zero-order valence-corrected chi connectivity index (χ0v) is 18.3. The largest absolute Gasteiger partial charge is 0.466 e. The van der Waals surface area contributed by atoms with Gasteiger partial charge in [-0.1, -0.05) is 18.2 Å². The van der Waals surface area contributed by atoms with E-state index in [1.54, 1.807) is 32.0 Å². The summed E-state index contributed by atoms with van der Waals surface area (Å²) in [5, 5.41) is 0. The summed E-state index contributed by atoms with van der Waals surface area (Å²) < 4.78 is 12.1. The zero-order chi connectivity index (χ0) is 23.4. The number of aryl methyl sites for hydroxylation is 1. The third kappa shape index (κ3) is 4.42. The minimum atomic E-state index is -0.813. The molecule has 0 N–H and O–H groups in total. The molecule has 1 aliphatic rings. The lowest BCUT2D eigenvalue weighted by Crippen LogP contribution is -2.45. The maximum atomic E-state index is 13.2. The monoisotopic (exact) mass is 442 g/mol. The predicted octanol–water partition coefficient (Wildman–Crippen LogP) is 1.70. The molecular formula is C23H26N2O7. The molecule has 170 valence electrons. The molecule has 1 saturated carbocycles. The molecule has 1 aliphatic carbocycles. The number of aromatic nitrogens is 2. The second-order valence-corrected chi connectivity index (χ2v) is 7.66. The Morgan fingerprint density at radius 1 is 0.938 bits per heavy atom. The van der Waals surface area contributed by atoms with Gasteiger partial charge in [-0.3, -0.25) is 23.7 Å². The zero-order valence-electron chi connectivity index (χ0n) is 18.3. The molecule has 0 saturated heterocycles. The van der Waals surface area contributed by atoms with E-state index in [2.05, 4.69) is 0 Å². The lowest BCUT2D eigenvalue weighted by atomic mass is 9.96. The highest BCUT2D eigenvalue weighted by Gasteiger charge is 2.45. The molecule has 2 aromatic rings. The maximum Gasteiger partial charge on any atom is 0.338 e. The van der Waals surface area contributed by atoms with E-state index in [0.717, 1.165) is 0 Å². The van der Waals surface area contributed by atoms with E-state index in [-0.39, 0.29) is 37.2 Å². The van der Waals surface area contributed by atoms with Crippen LogP contribution in [0, 0.1) is 18.8 Å². The highest BCUT2D eigenvalue weighted by Crippen LogP contribution is 2.40. The van der Waals surface area contributed by atoms with Crippen LogP contribution in [0.1, 0.15) is 48.7 Å². The molecule has 9 nitrogen and oxygen atoms in total. The van der Waals surface area contributed by atoms with Crippen molar-refractivity contribution in [3.05, 3.63) is 68.5 Å². The highest BCUT2D eigenvalue weighted by molar-refractivity contribution is 5.95. The first kappa shape index (κ1) is 23.2. The standard InChI is InChI=1S/C23H26N2O7/c1-4-31-21(28)17-11-16(12-18(17)22(29)32-5-2)24-13-14(3)19(26)25(23(24)30)20(27)15-9-7-6-8-10-15/h6-10,13,16-18H,4-5,11-12H2,1-3H3/t16?,17-,18+. The molecule has 1 fully saturated rings. The van der Waals surface area contributed by atoms with Gasteiger partial charge in [0, 0.05) is 23.4 Å². The number of nitrogens with zero attached hydrogens (tertiary/aromatic N) is 2. The molecular weight excluding hydrogens is 416 g/mol. The number of ether oxygens (including phenoxy) is 2. The number of rotatable bonds is 6. The van der Waals surface area contributed by atoms with E-state index in [9.17, 15) is 24.0 Å². The number of hydrogen-bond donors (Lipinski definition) is 0. The van der Waals surface area contributed by atoms with Crippen LogP contribution in [0.4, 0.5) is 0 Å². The van der Waals surface area contributed by atoms with Crippen molar-refractivity contribution in [2.45, 2.75) is 39.7 Å². The van der Waals surface area contributed by atoms with Gasteiger partial charge in [0.05, 0.1) is 25.0 Å². The van der Waals surface area contributed by atoms with Crippen molar-refractivity contribution in [2.75, 3.05) is 13.2 Å². The van der Waals surface area contributed by atoms with E-state index >= 15 is 0 Å². The summed E-state index contributed by atoms with van der Waals surface area (Å²) >= 11 is 0. The van der Waals surface area contributed by atoms with Crippen molar-refractivity contribution < 1.29 is 23.9 Å². The fourth-order valence-electron chi connectivity index (χ4n) is 4.11. The van der Waals surface area contributed by atoms with E-state index in [4.69, 9.17) is 9.47 Å². The molecule has 1 aromatic carbocycles. The average molecular weight is 442 g/mol. The predicted molar refractivity (Wildman–Crippen MR) is 114 cm³/mol. The highest BCUT2D eigenvalue weighted by atomic mass is 16.5. The Morgan fingerprint density at radius 2 is 1.47 bits per heavy atom. The van der Waals surface area contributed by atoms with E-state index in [1.165, 1.54) is 29.8 Å². The molecule has 0 bridgehead atoms. The number of benzene rings is 1. The first-order chi connectivity index (χ1) is 15.3. The van der Waals surface area contributed by atoms with Gasteiger partial charge in [-0.25, -0.2) is 4.79 Å². The second kappa shape index (κ2) is 9.76. The lowest BCUT2D eigenvalue weighted by molar-refractivity contribution is -0.158. The van der Waals surface area contributed by atoms with Crippen LogP contribution >= 0.6 is 0 Å². The van der Waals surface area contributed by atoms with Gasteiger partial charge in [0.1, 0.15) is 0 Å². The SMILES string of the molecule is CCOC(=O)[C@H]1CC(n2cc(C)c(=O)n(C(=O)c3ccccc3)c2=O)C[C@H]1C(=O)OCC. The average Bonchev–Trinajstić information content (AvgIpc) is 3.23. The molecule has 32 heavy (non-hydrogen) atoms. The van der Waals surface area contributed by atoms with Gasteiger partial charge < -0.3 is 9.47 Å². The summed E-state index contributed by atoms with van der Waals surface area (Å²) in [5.41, 5.74) is -1.13. The summed E-state index contributed by atoms with van der Waals surface area (Å²) in [6.45, 7) is 5.16. The van der Waals surface area contributed by atoms with Gasteiger partial charge in [0.15, 0.2) is 0 Å². The van der Waals surface area contributed by atoms with Crippen LogP contribution in [0.15, 0.2) is 46.1 Å². The number of hydrogen-bond acceptors (Lipinski definition) is 7. The molecule has 1 heterocycles. The first-order valence-electron chi connectivity index (χ1n) is 10.6. The van der Waals surface area contributed by atoms with Crippen molar-refractivity contribution >= 4 is 17.8 Å². The Kier molecular flexibility index (Phi) is 7.07. The molecule has 1 unspecified atom stereocenters. The Hall–Kier alpha value is -3.49. The van der Waals surface area contributed by atoms with Gasteiger partial charge in [0.2, 0.25) is 0 Å².